The van der Waals surface area contributed by atoms with Crippen LogP contribution in [0.25, 0.3) is 16.4 Å². The van der Waals surface area contributed by atoms with E-state index in [1.807, 2.05) is 30.3 Å². The van der Waals surface area contributed by atoms with Crippen molar-refractivity contribution >= 4 is 16.4 Å². The molecule has 0 aliphatic rings. The zero-order chi connectivity index (χ0) is 10.3. The van der Waals surface area contributed by atoms with Crippen LogP contribution in [0.15, 0.2) is 36.5 Å². The van der Waals surface area contributed by atoms with E-state index in [4.69, 9.17) is 4.74 Å². The molecule has 0 bridgehead atoms. The van der Waals surface area contributed by atoms with Gasteiger partial charge in [-0.2, -0.15) is 14.6 Å². The maximum atomic E-state index is 5.18. The van der Waals surface area contributed by atoms with E-state index in [0.717, 1.165) is 16.4 Å². The normalized spacial score (nSPS) is 11.0. The van der Waals surface area contributed by atoms with Crippen molar-refractivity contribution in [3.8, 4) is 6.01 Å². The van der Waals surface area contributed by atoms with Gasteiger partial charge in [0.1, 0.15) is 0 Å². The molecule has 3 aromatic rings. The fourth-order valence-electron chi connectivity index (χ4n) is 1.73. The zero-order valence-electron chi connectivity index (χ0n) is 8.21. The molecule has 0 saturated heterocycles. The van der Waals surface area contributed by atoms with Crippen molar-refractivity contribution in [1.82, 2.24) is 14.6 Å². The van der Waals surface area contributed by atoms with Crippen LogP contribution in [0, 0.1) is 0 Å². The lowest BCUT2D eigenvalue weighted by Gasteiger charge is -2.04. The molecule has 3 rings (SSSR count). The molecule has 1 aromatic carbocycles. The summed E-state index contributed by atoms with van der Waals surface area (Å²) in [7, 11) is 1.60. The third kappa shape index (κ3) is 1.08. The van der Waals surface area contributed by atoms with Gasteiger partial charge in [-0.05, 0) is 12.1 Å². The number of benzene rings is 1. The SMILES string of the molecule is COc1nc2ccccc2c2ccnn12. The molecule has 0 N–H and O–H groups in total. The summed E-state index contributed by atoms with van der Waals surface area (Å²) in [6.07, 6.45) is 1.74. The van der Waals surface area contributed by atoms with Crippen molar-refractivity contribution in [2.45, 2.75) is 0 Å². The fourth-order valence-corrected chi connectivity index (χ4v) is 1.73. The predicted molar refractivity (Wildman–Crippen MR) is 57.0 cm³/mol. The van der Waals surface area contributed by atoms with Gasteiger partial charge in [-0.1, -0.05) is 18.2 Å². The Hall–Kier alpha value is -2.10. The minimum Gasteiger partial charge on any atom is -0.467 e. The van der Waals surface area contributed by atoms with Gasteiger partial charge < -0.3 is 4.74 Å². The molecule has 0 unspecified atom stereocenters. The van der Waals surface area contributed by atoms with Gasteiger partial charge in [-0.3, -0.25) is 0 Å². The molecule has 0 fully saturated rings. The number of nitrogens with zero attached hydrogens (tertiary/aromatic N) is 3. The molecule has 0 saturated carbocycles. The highest BCUT2D eigenvalue weighted by Crippen LogP contribution is 2.21. The average molecular weight is 199 g/mol. The Morgan fingerprint density at radius 2 is 2.07 bits per heavy atom. The molecule has 0 aliphatic carbocycles. The summed E-state index contributed by atoms with van der Waals surface area (Å²) < 4.78 is 6.88. The van der Waals surface area contributed by atoms with Crippen LogP contribution >= 0.6 is 0 Å². The average Bonchev–Trinajstić information content (AvgIpc) is 2.77. The van der Waals surface area contributed by atoms with Gasteiger partial charge in [0.2, 0.25) is 0 Å². The third-order valence-electron chi connectivity index (χ3n) is 2.40. The molecule has 0 atom stereocenters. The van der Waals surface area contributed by atoms with Gasteiger partial charge in [-0.15, -0.1) is 0 Å². The molecular weight excluding hydrogens is 190 g/mol. The minimum atomic E-state index is 0.508. The van der Waals surface area contributed by atoms with E-state index in [-0.39, 0.29) is 0 Å². The summed E-state index contributed by atoms with van der Waals surface area (Å²) in [5.41, 5.74) is 1.93. The van der Waals surface area contributed by atoms with Gasteiger partial charge in [0.15, 0.2) is 0 Å². The highest BCUT2D eigenvalue weighted by Gasteiger charge is 2.07. The van der Waals surface area contributed by atoms with Gasteiger partial charge in [0.25, 0.3) is 0 Å². The van der Waals surface area contributed by atoms with Crippen molar-refractivity contribution < 1.29 is 4.74 Å². The molecule has 74 valence electrons. The van der Waals surface area contributed by atoms with E-state index < -0.39 is 0 Å². The number of hydrogen-bond donors (Lipinski definition) is 0. The molecule has 0 aliphatic heterocycles. The molecule has 0 amide bonds. The molecule has 0 radical (unpaired) electrons. The Balaban J connectivity index is 2.57. The molecular formula is C11H9N3O. The van der Waals surface area contributed by atoms with E-state index in [9.17, 15) is 0 Å². The Morgan fingerprint density at radius 3 is 2.93 bits per heavy atom. The van der Waals surface area contributed by atoms with Crippen molar-refractivity contribution in [2.75, 3.05) is 7.11 Å². The number of ether oxygens (including phenoxy) is 1. The van der Waals surface area contributed by atoms with Crippen LogP contribution in [0.5, 0.6) is 6.01 Å². The van der Waals surface area contributed by atoms with E-state index in [1.165, 1.54) is 0 Å². The number of rotatable bonds is 1. The van der Waals surface area contributed by atoms with Crippen LogP contribution < -0.4 is 4.74 Å². The second-order valence-electron chi connectivity index (χ2n) is 3.24. The lowest BCUT2D eigenvalue weighted by Crippen LogP contribution is -1.99. The number of para-hydroxylation sites is 1. The topological polar surface area (TPSA) is 39.4 Å². The molecule has 0 spiro atoms. The molecule has 2 heterocycles. The van der Waals surface area contributed by atoms with Crippen molar-refractivity contribution in [3.63, 3.8) is 0 Å². The Bertz CT molecular complexity index is 630. The van der Waals surface area contributed by atoms with Crippen LogP contribution in [0.3, 0.4) is 0 Å². The lowest BCUT2D eigenvalue weighted by atomic mass is 10.2. The fraction of sp³-hybridized carbons (Fsp3) is 0.0909. The minimum absolute atomic E-state index is 0.508. The van der Waals surface area contributed by atoms with Gasteiger partial charge in [-0.25, -0.2) is 0 Å². The number of methoxy groups -OCH3 is 1. The number of aromatic nitrogens is 3. The van der Waals surface area contributed by atoms with Crippen LogP contribution in [-0.4, -0.2) is 21.7 Å². The van der Waals surface area contributed by atoms with Crippen LogP contribution in [0.2, 0.25) is 0 Å². The van der Waals surface area contributed by atoms with Crippen molar-refractivity contribution in [3.05, 3.63) is 36.5 Å². The zero-order valence-corrected chi connectivity index (χ0v) is 8.21. The monoisotopic (exact) mass is 199 g/mol. The molecule has 4 heteroatoms. The highest BCUT2D eigenvalue weighted by molar-refractivity contribution is 5.93. The van der Waals surface area contributed by atoms with Crippen molar-refractivity contribution in [1.29, 1.82) is 0 Å². The van der Waals surface area contributed by atoms with Gasteiger partial charge in [0.05, 0.1) is 24.3 Å². The van der Waals surface area contributed by atoms with E-state index >= 15 is 0 Å². The van der Waals surface area contributed by atoms with Crippen LogP contribution in [-0.2, 0) is 0 Å². The second kappa shape index (κ2) is 2.95. The predicted octanol–water partition coefficient (Wildman–Crippen LogP) is 1.89. The summed E-state index contributed by atoms with van der Waals surface area (Å²) in [6.45, 7) is 0. The largest absolute Gasteiger partial charge is 0.467 e. The number of hydrogen-bond acceptors (Lipinski definition) is 3. The van der Waals surface area contributed by atoms with E-state index in [2.05, 4.69) is 10.1 Å². The highest BCUT2D eigenvalue weighted by atomic mass is 16.5. The first-order chi connectivity index (χ1) is 7.40. The lowest BCUT2D eigenvalue weighted by molar-refractivity contribution is 0.369. The summed E-state index contributed by atoms with van der Waals surface area (Å²) in [6, 6.07) is 10.4. The Labute approximate surface area is 86.1 Å². The standard InChI is InChI=1S/C11H9N3O/c1-15-11-13-9-5-3-2-4-8(9)10-6-7-12-14(10)11/h2-7H,1H3. The summed E-state index contributed by atoms with van der Waals surface area (Å²) >= 11 is 0. The first kappa shape index (κ1) is 8.23. The van der Waals surface area contributed by atoms with Crippen LogP contribution in [0.4, 0.5) is 0 Å². The first-order valence-corrected chi connectivity index (χ1v) is 4.66. The van der Waals surface area contributed by atoms with Gasteiger partial charge >= 0.3 is 6.01 Å². The van der Waals surface area contributed by atoms with Gasteiger partial charge in [0, 0.05) is 5.39 Å². The first-order valence-electron chi connectivity index (χ1n) is 4.66. The maximum absolute atomic E-state index is 5.18. The van der Waals surface area contributed by atoms with Crippen molar-refractivity contribution in [2.24, 2.45) is 0 Å². The molecule has 15 heavy (non-hydrogen) atoms. The maximum Gasteiger partial charge on any atom is 0.318 e. The summed E-state index contributed by atoms with van der Waals surface area (Å²) in [4.78, 5) is 4.37. The Kier molecular flexibility index (Phi) is 1.62. The van der Waals surface area contributed by atoms with E-state index in [0.29, 0.717) is 6.01 Å². The second-order valence-corrected chi connectivity index (χ2v) is 3.24. The number of fused-ring (bicyclic) bond motifs is 3. The quantitative estimate of drug-likeness (QED) is 0.600. The smallest absolute Gasteiger partial charge is 0.318 e. The van der Waals surface area contributed by atoms with E-state index in [1.54, 1.807) is 17.8 Å². The molecule has 2 aromatic heterocycles. The van der Waals surface area contributed by atoms with Crippen LogP contribution in [0.1, 0.15) is 0 Å². The summed E-state index contributed by atoms with van der Waals surface area (Å²) in [5, 5.41) is 5.25. The third-order valence-corrected chi connectivity index (χ3v) is 2.40. The Morgan fingerprint density at radius 1 is 1.20 bits per heavy atom. The summed E-state index contributed by atoms with van der Waals surface area (Å²) in [5.74, 6) is 0. The molecule has 4 nitrogen and oxygen atoms in total.